The standard InChI is InChI=1S/C8H13NO2/c1-6(2)7(4-5-10)8(11)9-3/h4-6H,1-3H3,(H,9,11)/b7-4-. The lowest BCUT2D eigenvalue weighted by atomic mass is 10.0. The van der Waals surface area contributed by atoms with Crippen LogP contribution in [0.3, 0.4) is 0 Å². The summed E-state index contributed by atoms with van der Waals surface area (Å²) in [6, 6.07) is 0. The van der Waals surface area contributed by atoms with Crippen molar-refractivity contribution in [3.05, 3.63) is 11.6 Å². The van der Waals surface area contributed by atoms with Crippen LogP contribution >= 0.6 is 0 Å². The van der Waals surface area contributed by atoms with Crippen LogP contribution in [0.25, 0.3) is 0 Å². The second-order valence-electron chi connectivity index (χ2n) is 2.49. The zero-order chi connectivity index (χ0) is 8.85. The molecular formula is C8H13NO2. The first-order valence-electron chi connectivity index (χ1n) is 3.51. The molecule has 11 heavy (non-hydrogen) atoms. The van der Waals surface area contributed by atoms with Gasteiger partial charge in [-0.05, 0) is 12.0 Å². The predicted octanol–water partition coefficient (Wildman–Crippen LogP) is 0.514. The lowest BCUT2D eigenvalue weighted by Crippen LogP contribution is -2.22. The Bertz CT molecular complexity index is 183. The van der Waals surface area contributed by atoms with Gasteiger partial charge in [0.05, 0.1) is 0 Å². The molecule has 0 radical (unpaired) electrons. The van der Waals surface area contributed by atoms with Gasteiger partial charge in [0.15, 0.2) is 0 Å². The number of hydrogen-bond donors (Lipinski definition) is 1. The van der Waals surface area contributed by atoms with Crippen LogP contribution in [0.4, 0.5) is 0 Å². The maximum Gasteiger partial charge on any atom is 0.247 e. The van der Waals surface area contributed by atoms with Gasteiger partial charge in [-0.1, -0.05) is 13.8 Å². The van der Waals surface area contributed by atoms with Crippen molar-refractivity contribution in [1.82, 2.24) is 5.32 Å². The minimum atomic E-state index is -0.188. The second-order valence-corrected chi connectivity index (χ2v) is 2.49. The van der Waals surface area contributed by atoms with Gasteiger partial charge in [0.1, 0.15) is 6.29 Å². The van der Waals surface area contributed by atoms with Crippen molar-refractivity contribution in [3.63, 3.8) is 0 Å². The molecule has 0 aliphatic rings. The van der Waals surface area contributed by atoms with E-state index in [-0.39, 0.29) is 11.8 Å². The fourth-order valence-electron chi connectivity index (χ4n) is 0.748. The van der Waals surface area contributed by atoms with E-state index in [9.17, 15) is 9.59 Å². The molecule has 0 aromatic carbocycles. The Morgan fingerprint density at radius 3 is 2.27 bits per heavy atom. The molecule has 62 valence electrons. The van der Waals surface area contributed by atoms with Crippen LogP contribution in [0.1, 0.15) is 13.8 Å². The molecule has 1 amide bonds. The van der Waals surface area contributed by atoms with Gasteiger partial charge in [-0.3, -0.25) is 9.59 Å². The number of amides is 1. The summed E-state index contributed by atoms with van der Waals surface area (Å²) in [6.45, 7) is 3.73. The minimum Gasteiger partial charge on any atom is -0.355 e. The monoisotopic (exact) mass is 155 g/mol. The Kier molecular flexibility index (Phi) is 4.18. The molecule has 0 fully saturated rings. The molecule has 0 aliphatic carbocycles. The van der Waals surface area contributed by atoms with Gasteiger partial charge in [-0.25, -0.2) is 0 Å². The van der Waals surface area contributed by atoms with Gasteiger partial charge in [0.2, 0.25) is 5.91 Å². The minimum absolute atomic E-state index is 0.0835. The second kappa shape index (κ2) is 4.66. The van der Waals surface area contributed by atoms with Crippen LogP contribution in [0.5, 0.6) is 0 Å². The van der Waals surface area contributed by atoms with Gasteiger partial charge >= 0.3 is 0 Å². The third-order valence-electron chi connectivity index (χ3n) is 1.36. The SMILES string of the molecule is CNC(=O)/C(=C\C=O)C(C)C. The highest BCUT2D eigenvalue weighted by Crippen LogP contribution is 2.07. The van der Waals surface area contributed by atoms with E-state index in [1.54, 1.807) is 7.05 Å². The molecule has 0 unspecified atom stereocenters. The van der Waals surface area contributed by atoms with E-state index in [1.165, 1.54) is 6.08 Å². The summed E-state index contributed by atoms with van der Waals surface area (Å²) in [4.78, 5) is 21.1. The first-order chi connectivity index (χ1) is 5.13. The van der Waals surface area contributed by atoms with Crippen molar-refractivity contribution in [1.29, 1.82) is 0 Å². The maximum atomic E-state index is 11.0. The summed E-state index contributed by atoms with van der Waals surface area (Å²) >= 11 is 0. The number of nitrogens with one attached hydrogen (secondary N) is 1. The van der Waals surface area contributed by atoms with E-state index in [4.69, 9.17) is 0 Å². The molecule has 0 saturated heterocycles. The molecule has 3 nitrogen and oxygen atoms in total. The summed E-state index contributed by atoms with van der Waals surface area (Å²) < 4.78 is 0. The van der Waals surface area contributed by atoms with Gasteiger partial charge in [-0.15, -0.1) is 0 Å². The largest absolute Gasteiger partial charge is 0.355 e. The van der Waals surface area contributed by atoms with Crippen LogP contribution in [0, 0.1) is 5.92 Å². The number of hydrogen-bond acceptors (Lipinski definition) is 2. The lowest BCUT2D eigenvalue weighted by molar-refractivity contribution is -0.117. The lowest BCUT2D eigenvalue weighted by Gasteiger charge is -2.07. The van der Waals surface area contributed by atoms with Gasteiger partial charge in [-0.2, -0.15) is 0 Å². The molecule has 3 heteroatoms. The van der Waals surface area contributed by atoms with E-state index in [2.05, 4.69) is 5.32 Å². The highest BCUT2D eigenvalue weighted by molar-refractivity contribution is 5.96. The van der Waals surface area contributed by atoms with Crippen LogP contribution in [-0.2, 0) is 9.59 Å². The van der Waals surface area contributed by atoms with E-state index in [0.29, 0.717) is 11.9 Å². The molecule has 0 bridgehead atoms. The third kappa shape index (κ3) is 2.98. The Hall–Kier alpha value is -1.12. The Morgan fingerprint density at radius 2 is 2.00 bits per heavy atom. The number of aldehydes is 1. The number of rotatable bonds is 3. The van der Waals surface area contributed by atoms with E-state index in [0.717, 1.165) is 0 Å². The average molecular weight is 155 g/mol. The van der Waals surface area contributed by atoms with E-state index in [1.807, 2.05) is 13.8 Å². The molecule has 0 rings (SSSR count). The molecular weight excluding hydrogens is 142 g/mol. The normalized spacial score (nSPS) is 11.5. The zero-order valence-electron chi connectivity index (χ0n) is 7.05. The molecule has 0 aromatic rings. The molecule has 0 atom stereocenters. The molecule has 0 heterocycles. The van der Waals surface area contributed by atoms with Crippen LogP contribution in [0.2, 0.25) is 0 Å². The summed E-state index contributed by atoms with van der Waals surface area (Å²) in [5.74, 6) is -0.104. The number of carbonyl (C=O) groups is 2. The Morgan fingerprint density at radius 1 is 1.45 bits per heavy atom. The highest BCUT2D eigenvalue weighted by atomic mass is 16.1. The number of likely N-dealkylation sites (N-methyl/N-ethyl adjacent to an activating group) is 1. The van der Waals surface area contributed by atoms with Crippen molar-refractivity contribution in [3.8, 4) is 0 Å². The summed E-state index contributed by atoms with van der Waals surface area (Å²) in [5.41, 5.74) is 0.516. The van der Waals surface area contributed by atoms with Crippen molar-refractivity contribution in [2.75, 3.05) is 7.05 Å². The van der Waals surface area contributed by atoms with Gasteiger partial charge in [0.25, 0.3) is 0 Å². The molecule has 0 aliphatic heterocycles. The predicted molar refractivity (Wildman–Crippen MR) is 43.1 cm³/mol. The van der Waals surface area contributed by atoms with Crippen molar-refractivity contribution < 1.29 is 9.59 Å². The topological polar surface area (TPSA) is 46.2 Å². The first kappa shape index (κ1) is 9.88. The summed E-state index contributed by atoms with van der Waals surface area (Å²) in [5, 5.41) is 2.47. The van der Waals surface area contributed by atoms with Crippen LogP contribution < -0.4 is 5.32 Å². The number of carbonyl (C=O) groups excluding carboxylic acids is 2. The van der Waals surface area contributed by atoms with E-state index < -0.39 is 0 Å². The van der Waals surface area contributed by atoms with Crippen LogP contribution in [0.15, 0.2) is 11.6 Å². The Balaban J connectivity index is 4.47. The van der Waals surface area contributed by atoms with Gasteiger partial charge in [0, 0.05) is 12.6 Å². The van der Waals surface area contributed by atoms with Crippen LogP contribution in [-0.4, -0.2) is 19.2 Å². The fraction of sp³-hybridized carbons (Fsp3) is 0.500. The van der Waals surface area contributed by atoms with Crippen molar-refractivity contribution in [2.45, 2.75) is 13.8 Å². The quantitative estimate of drug-likeness (QED) is 0.477. The fourth-order valence-corrected chi connectivity index (χ4v) is 0.748. The zero-order valence-corrected chi connectivity index (χ0v) is 7.05. The average Bonchev–Trinajstić information content (AvgIpc) is 1.98. The summed E-state index contributed by atoms with van der Waals surface area (Å²) in [7, 11) is 1.54. The van der Waals surface area contributed by atoms with Crippen molar-refractivity contribution >= 4 is 12.2 Å². The first-order valence-corrected chi connectivity index (χ1v) is 3.51. The molecule has 0 saturated carbocycles. The van der Waals surface area contributed by atoms with E-state index >= 15 is 0 Å². The smallest absolute Gasteiger partial charge is 0.247 e. The third-order valence-corrected chi connectivity index (χ3v) is 1.36. The maximum absolute atomic E-state index is 11.0. The highest BCUT2D eigenvalue weighted by Gasteiger charge is 2.10. The van der Waals surface area contributed by atoms with Crippen molar-refractivity contribution in [2.24, 2.45) is 5.92 Å². The number of allylic oxidation sites excluding steroid dienone is 1. The molecule has 1 N–H and O–H groups in total. The Labute approximate surface area is 66.5 Å². The molecule has 0 aromatic heterocycles. The molecule has 0 spiro atoms. The summed E-state index contributed by atoms with van der Waals surface area (Å²) in [6.07, 6.45) is 1.92. The van der Waals surface area contributed by atoms with Gasteiger partial charge < -0.3 is 5.32 Å².